The third-order valence-electron chi connectivity index (χ3n) is 4.81. The maximum Gasteiger partial charge on any atom is 0.193 e. The first-order chi connectivity index (χ1) is 11.2. The first-order valence-corrected chi connectivity index (χ1v) is 8.39. The minimum Gasteiger partial charge on any atom is -0.496 e. The minimum atomic E-state index is 0. The number of halogens is 2. The number of hydrogen-bond donors (Lipinski definition) is 1. The maximum atomic E-state index is 6.09. The summed E-state index contributed by atoms with van der Waals surface area (Å²) in [5.41, 5.74) is 1.35. The number of benzene rings is 1. The normalized spacial score (nSPS) is 23.5. The average Bonchev–Trinajstić information content (AvgIpc) is 3.19. The molecule has 134 valence electrons. The molecule has 24 heavy (non-hydrogen) atoms. The smallest absolute Gasteiger partial charge is 0.193 e. The topological polar surface area (TPSA) is 46.1 Å². The van der Waals surface area contributed by atoms with Gasteiger partial charge in [0.1, 0.15) is 5.75 Å². The number of methoxy groups -OCH3 is 1. The van der Waals surface area contributed by atoms with E-state index in [1.54, 1.807) is 7.11 Å². The second-order valence-corrected chi connectivity index (χ2v) is 6.77. The molecule has 5 nitrogen and oxygen atoms in total. The molecule has 0 bridgehead atoms. The third-order valence-corrected chi connectivity index (χ3v) is 5.05. The molecule has 3 rings (SSSR count). The van der Waals surface area contributed by atoms with Gasteiger partial charge < -0.3 is 19.7 Å². The fourth-order valence-electron chi connectivity index (χ4n) is 3.48. The summed E-state index contributed by atoms with van der Waals surface area (Å²) < 4.78 is 11.0. The Kier molecular flexibility index (Phi) is 7.00. The van der Waals surface area contributed by atoms with Crippen molar-refractivity contribution >= 4 is 41.5 Å². The van der Waals surface area contributed by atoms with Gasteiger partial charge in [0.15, 0.2) is 5.96 Å². The van der Waals surface area contributed by atoms with Crippen LogP contribution in [0.1, 0.15) is 18.4 Å². The summed E-state index contributed by atoms with van der Waals surface area (Å²) in [6.07, 6.45) is 2.33. The van der Waals surface area contributed by atoms with Gasteiger partial charge in [-0.05, 0) is 31.0 Å². The Bertz CT molecular complexity index is 591. The zero-order chi connectivity index (χ0) is 16.3. The second-order valence-electron chi connectivity index (χ2n) is 6.33. The van der Waals surface area contributed by atoms with Crippen LogP contribution in [0, 0.1) is 5.41 Å². The number of guanidine groups is 1. The van der Waals surface area contributed by atoms with E-state index in [0.717, 1.165) is 50.0 Å². The summed E-state index contributed by atoms with van der Waals surface area (Å²) in [5.74, 6) is 1.76. The Balaban J connectivity index is 0.00000208. The van der Waals surface area contributed by atoms with Gasteiger partial charge in [0.25, 0.3) is 0 Å². The van der Waals surface area contributed by atoms with Crippen LogP contribution >= 0.6 is 35.6 Å². The van der Waals surface area contributed by atoms with Crippen molar-refractivity contribution in [2.24, 2.45) is 10.4 Å². The fraction of sp³-hybridized carbons (Fsp3) is 0.588. The fourth-order valence-corrected chi connectivity index (χ4v) is 3.67. The SMILES string of the molecule is CN=C(NCc1cc(Cl)ccc1OC)N1CCC2(CCOC2)C1.I. The van der Waals surface area contributed by atoms with Crippen LogP contribution in [0.5, 0.6) is 5.75 Å². The van der Waals surface area contributed by atoms with E-state index in [1.165, 1.54) is 6.42 Å². The second kappa shape index (κ2) is 8.58. The maximum absolute atomic E-state index is 6.09. The van der Waals surface area contributed by atoms with Gasteiger partial charge >= 0.3 is 0 Å². The van der Waals surface area contributed by atoms with Crippen molar-refractivity contribution in [3.63, 3.8) is 0 Å². The monoisotopic (exact) mass is 465 g/mol. The summed E-state index contributed by atoms with van der Waals surface area (Å²) in [6.45, 7) is 4.44. The van der Waals surface area contributed by atoms with Crippen LogP contribution in [-0.2, 0) is 11.3 Å². The summed E-state index contributed by atoms with van der Waals surface area (Å²) in [7, 11) is 3.50. The van der Waals surface area contributed by atoms with Crippen molar-refractivity contribution in [1.29, 1.82) is 0 Å². The predicted molar refractivity (Wildman–Crippen MR) is 108 cm³/mol. The molecule has 0 aromatic heterocycles. The molecule has 1 N–H and O–H groups in total. The number of rotatable bonds is 3. The third kappa shape index (κ3) is 4.26. The summed E-state index contributed by atoms with van der Waals surface area (Å²) in [5, 5.41) is 4.14. The molecule has 0 aliphatic carbocycles. The molecule has 1 aromatic rings. The zero-order valence-electron chi connectivity index (χ0n) is 14.2. The van der Waals surface area contributed by atoms with Gasteiger partial charge in [0, 0.05) is 49.3 Å². The number of likely N-dealkylation sites (tertiary alicyclic amines) is 1. The van der Waals surface area contributed by atoms with E-state index in [2.05, 4.69) is 15.2 Å². The van der Waals surface area contributed by atoms with Crippen LogP contribution in [0.2, 0.25) is 5.02 Å². The molecule has 2 heterocycles. The Labute approximate surface area is 165 Å². The lowest BCUT2D eigenvalue weighted by Crippen LogP contribution is -2.41. The van der Waals surface area contributed by atoms with Crippen molar-refractivity contribution in [1.82, 2.24) is 10.2 Å². The van der Waals surface area contributed by atoms with Crippen LogP contribution in [0.4, 0.5) is 0 Å². The van der Waals surface area contributed by atoms with Crippen LogP contribution in [-0.4, -0.2) is 51.3 Å². The lowest BCUT2D eigenvalue weighted by molar-refractivity contribution is 0.156. The molecule has 0 saturated carbocycles. The number of aliphatic imine (C=N–C) groups is 1. The zero-order valence-corrected chi connectivity index (χ0v) is 17.3. The van der Waals surface area contributed by atoms with Gasteiger partial charge in [-0.1, -0.05) is 11.6 Å². The highest BCUT2D eigenvalue weighted by Gasteiger charge is 2.42. The molecule has 1 atom stereocenters. The standard InChI is InChI=1S/C17H24ClN3O2.HI/c1-19-16(21-7-5-17(11-21)6-8-23-12-17)20-10-13-9-14(18)3-4-15(13)22-2;/h3-4,9H,5-8,10-12H2,1-2H3,(H,19,20);1H. The quantitative estimate of drug-likeness (QED) is 0.423. The van der Waals surface area contributed by atoms with E-state index in [1.807, 2.05) is 25.2 Å². The largest absolute Gasteiger partial charge is 0.496 e. The van der Waals surface area contributed by atoms with E-state index in [0.29, 0.717) is 17.0 Å². The van der Waals surface area contributed by atoms with Crippen molar-refractivity contribution in [2.45, 2.75) is 19.4 Å². The van der Waals surface area contributed by atoms with Gasteiger partial charge in [0.2, 0.25) is 0 Å². The van der Waals surface area contributed by atoms with Crippen molar-refractivity contribution < 1.29 is 9.47 Å². The molecule has 2 fully saturated rings. The molecule has 0 amide bonds. The molecule has 1 aromatic carbocycles. The lowest BCUT2D eigenvalue weighted by atomic mass is 9.87. The van der Waals surface area contributed by atoms with Crippen LogP contribution < -0.4 is 10.1 Å². The molecule has 2 aliphatic rings. The van der Waals surface area contributed by atoms with Crippen molar-refractivity contribution in [3.8, 4) is 5.75 Å². The highest BCUT2D eigenvalue weighted by Crippen LogP contribution is 2.38. The predicted octanol–water partition coefficient (Wildman–Crippen LogP) is 3.15. The Hall–Kier alpha value is -0.730. The average molecular weight is 466 g/mol. The van der Waals surface area contributed by atoms with E-state index in [9.17, 15) is 0 Å². The molecule has 2 saturated heterocycles. The van der Waals surface area contributed by atoms with E-state index in [-0.39, 0.29) is 24.0 Å². The molecule has 1 unspecified atom stereocenters. The highest BCUT2D eigenvalue weighted by atomic mass is 127. The van der Waals surface area contributed by atoms with Crippen LogP contribution in [0.25, 0.3) is 0 Å². The molecular weight excluding hydrogens is 441 g/mol. The van der Waals surface area contributed by atoms with Gasteiger partial charge in [0.05, 0.1) is 13.7 Å². The summed E-state index contributed by atoms with van der Waals surface area (Å²) >= 11 is 6.09. The van der Waals surface area contributed by atoms with Gasteiger partial charge in [-0.25, -0.2) is 0 Å². The number of nitrogens with zero attached hydrogens (tertiary/aromatic N) is 2. The molecule has 0 radical (unpaired) electrons. The van der Waals surface area contributed by atoms with Crippen LogP contribution in [0.3, 0.4) is 0 Å². The minimum absolute atomic E-state index is 0. The molecule has 1 spiro atoms. The van der Waals surface area contributed by atoms with E-state index < -0.39 is 0 Å². The Morgan fingerprint density at radius 2 is 2.29 bits per heavy atom. The first-order valence-electron chi connectivity index (χ1n) is 8.01. The van der Waals surface area contributed by atoms with Crippen molar-refractivity contribution in [2.75, 3.05) is 40.5 Å². The van der Waals surface area contributed by atoms with E-state index in [4.69, 9.17) is 21.1 Å². The summed E-state index contributed by atoms with van der Waals surface area (Å²) in [6, 6.07) is 5.66. The van der Waals surface area contributed by atoms with Crippen LogP contribution in [0.15, 0.2) is 23.2 Å². The summed E-state index contributed by atoms with van der Waals surface area (Å²) in [4.78, 5) is 6.76. The van der Waals surface area contributed by atoms with Gasteiger partial charge in [-0.3, -0.25) is 4.99 Å². The Morgan fingerprint density at radius 3 is 2.96 bits per heavy atom. The number of hydrogen-bond acceptors (Lipinski definition) is 3. The van der Waals surface area contributed by atoms with Gasteiger partial charge in [-0.15, -0.1) is 24.0 Å². The molecular formula is C17H25ClIN3O2. The Morgan fingerprint density at radius 1 is 1.46 bits per heavy atom. The van der Waals surface area contributed by atoms with Gasteiger partial charge in [-0.2, -0.15) is 0 Å². The number of ether oxygens (including phenoxy) is 2. The number of nitrogens with one attached hydrogen (secondary N) is 1. The first kappa shape index (κ1) is 19.6. The van der Waals surface area contributed by atoms with E-state index >= 15 is 0 Å². The van der Waals surface area contributed by atoms with Crippen molar-refractivity contribution in [3.05, 3.63) is 28.8 Å². The molecule has 2 aliphatic heterocycles. The highest BCUT2D eigenvalue weighted by molar-refractivity contribution is 14.0. The molecule has 7 heteroatoms. The lowest BCUT2D eigenvalue weighted by Gasteiger charge is -2.25.